The van der Waals surface area contributed by atoms with Crippen LogP contribution in [0.15, 0.2) is 65.7 Å². The van der Waals surface area contributed by atoms with Crippen molar-refractivity contribution in [2.45, 2.75) is 23.8 Å². The highest BCUT2D eigenvalue weighted by atomic mass is 32.2. The molecular formula is C24H22N4O3S. The summed E-state index contributed by atoms with van der Waals surface area (Å²) in [5.41, 5.74) is 1.62. The van der Waals surface area contributed by atoms with Gasteiger partial charge in [0, 0.05) is 24.2 Å². The quantitative estimate of drug-likeness (QED) is 0.595. The Morgan fingerprint density at radius 3 is 2.22 bits per heavy atom. The highest BCUT2D eigenvalue weighted by Gasteiger charge is 2.32. The number of nitrogens with zero attached hydrogens (tertiary/aromatic N) is 3. The van der Waals surface area contributed by atoms with Crippen LogP contribution in [0.25, 0.3) is 0 Å². The molecule has 0 atom stereocenters. The van der Waals surface area contributed by atoms with Crippen molar-refractivity contribution in [2.24, 2.45) is 0 Å². The number of likely N-dealkylation sites (tertiary alicyclic amines) is 1. The SMILES string of the molecule is O=C(Nc1ccc(SCC(=O)N2CCCC2)nn1)C1c2ccccc2Oc2ccccc21. The fourth-order valence-corrected chi connectivity index (χ4v) is 4.76. The van der Waals surface area contributed by atoms with Crippen LogP contribution in [0, 0.1) is 0 Å². The van der Waals surface area contributed by atoms with E-state index in [1.807, 2.05) is 53.4 Å². The summed E-state index contributed by atoms with van der Waals surface area (Å²) in [5, 5.41) is 11.8. The van der Waals surface area contributed by atoms with Gasteiger partial charge in [0.15, 0.2) is 5.82 Å². The number of amides is 2. The maximum atomic E-state index is 13.3. The minimum absolute atomic E-state index is 0.128. The zero-order valence-corrected chi connectivity index (χ0v) is 18.2. The molecule has 0 radical (unpaired) electrons. The van der Waals surface area contributed by atoms with Crippen LogP contribution in [0.5, 0.6) is 11.5 Å². The molecule has 3 heterocycles. The van der Waals surface area contributed by atoms with E-state index in [4.69, 9.17) is 4.74 Å². The van der Waals surface area contributed by atoms with Gasteiger partial charge in [-0.05, 0) is 37.1 Å². The maximum absolute atomic E-state index is 13.3. The number of ether oxygens (including phenoxy) is 1. The summed E-state index contributed by atoms with van der Waals surface area (Å²) in [7, 11) is 0. The summed E-state index contributed by atoms with van der Waals surface area (Å²) in [6.07, 6.45) is 2.15. The molecule has 5 rings (SSSR count). The summed E-state index contributed by atoms with van der Waals surface area (Å²) in [5.74, 6) is 1.47. The highest BCUT2D eigenvalue weighted by Crippen LogP contribution is 2.44. The Morgan fingerprint density at radius 2 is 1.59 bits per heavy atom. The molecule has 162 valence electrons. The number of hydrogen-bond donors (Lipinski definition) is 1. The molecule has 1 N–H and O–H groups in total. The van der Waals surface area contributed by atoms with Crippen LogP contribution in [-0.4, -0.2) is 45.8 Å². The molecule has 1 fully saturated rings. The lowest BCUT2D eigenvalue weighted by molar-refractivity contribution is -0.127. The number of carbonyl (C=O) groups is 2. The average molecular weight is 447 g/mol. The van der Waals surface area contributed by atoms with Crippen LogP contribution in [0.2, 0.25) is 0 Å². The Hall–Kier alpha value is -3.39. The number of para-hydroxylation sites is 2. The van der Waals surface area contributed by atoms with E-state index >= 15 is 0 Å². The molecule has 7 nitrogen and oxygen atoms in total. The maximum Gasteiger partial charge on any atom is 0.237 e. The van der Waals surface area contributed by atoms with Gasteiger partial charge >= 0.3 is 0 Å². The minimum atomic E-state index is -0.509. The van der Waals surface area contributed by atoms with Gasteiger partial charge in [-0.3, -0.25) is 9.59 Å². The lowest BCUT2D eigenvalue weighted by atomic mass is 9.87. The van der Waals surface area contributed by atoms with E-state index < -0.39 is 5.92 Å². The molecule has 0 aliphatic carbocycles. The number of thioether (sulfide) groups is 1. The van der Waals surface area contributed by atoms with E-state index in [1.54, 1.807) is 12.1 Å². The largest absolute Gasteiger partial charge is 0.457 e. The molecule has 0 unspecified atom stereocenters. The van der Waals surface area contributed by atoms with Crippen LogP contribution in [-0.2, 0) is 9.59 Å². The lowest BCUT2D eigenvalue weighted by Gasteiger charge is -2.27. The number of benzene rings is 2. The Bertz CT molecular complexity index is 1100. The molecule has 2 aromatic carbocycles. The first-order chi connectivity index (χ1) is 15.7. The molecule has 3 aromatic rings. The molecule has 0 spiro atoms. The van der Waals surface area contributed by atoms with Crippen molar-refractivity contribution in [1.29, 1.82) is 0 Å². The summed E-state index contributed by atoms with van der Waals surface area (Å²) < 4.78 is 5.97. The van der Waals surface area contributed by atoms with Gasteiger partial charge in [-0.15, -0.1) is 10.2 Å². The monoisotopic (exact) mass is 446 g/mol. The third-order valence-electron chi connectivity index (χ3n) is 5.64. The lowest BCUT2D eigenvalue weighted by Crippen LogP contribution is -2.29. The first-order valence-corrected chi connectivity index (χ1v) is 11.6. The molecule has 0 saturated carbocycles. The van der Waals surface area contributed by atoms with Crippen LogP contribution in [0.1, 0.15) is 29.9 Å². The summed E-state index contributed by atoms with van der Waals surface area (Å²) in [4.78, 5) is 27.3. The molecule has 2 aliphatic heterocycles. The standard InChI is InChI=1S/C24H22N4O3S/c29-22(28-13-5-6-14-28)15-32-21-12-11-20(26-27-21)25-24(30)23-16-7-1-3-9-18(16)31-19-10-4-2-8-17(19)23/h1-4,7-12,23H,5-6,13-15H2,(H,25,26,30). The smallest absolute Gasteiger partial charge is 0.237 e. The molecule has 32 heavy (non-hydrogen) atoms. The third kappa shape index (κ3) is 4.18. The van der Waals surface area contributed by atoms with Gasteiger partial charge in [-0.2, -0.15) is 0 Å². The van der Waals surface area contributed by atoms with Crippen LogP contribution < -0.4 is 10.1 Å². The predicted molar refractivity (Wildman–Crippen MR) is 122 cm³/mol. The second-order valence-electron chi connectivity index (χ2n) is 7.73. The van der Waals surface area contributed by atoms with Crippen LogP contribution >= 0.6 is 11.8 Å². The Kier molecular flexibility index (Phi) is 5.77. The first kappa shape index (κ1) is 20.5. The molecule has 1 saturated heterocycles. The third-order valence-corrected chi connectivity index (χ3v) is 6.54. The molecular weight excluding hydrogens is 424 g/mol. The fourth-order valence-electron chi connectivity index (χ4n) is 4.05. The number of carbonyl (C=O) groups excluding carboxylic acids is 2. The van der Waals surface area contributed by atoms with E-state index in [0.717, 1.165) is 37.1 Å². The van der Waals surface area contributed by atoms with Gasteiger partial charge in [-0.25, -0.2) is 0 Å². The second-order valence-corrected chi connectivity index (χ2v) is 8.73. The summed E-state index contributed by atoms with van der Waals surface area (Å²) in [6, 6.07) is 18.6. The second kappa shape index (κ2) is 9.00. The number of fused-ring (bicyclic) bond motifs is 2. The van der Waals surface area contributed by atoms with Gasteiger partial charge in [-0.1, -0.05) is 48.2 Å². The predicted octanol–water partition coefficient (Wildman–Crippen LogP) is 4.07. The van der Waals surface area contributed by atoms with E-state index in [0.29, 0.717) is 28.1 Å². The normalized spacial score (nSPS) is 14.9. The Labute approximate surface area is 190 Å². The van der Waals surface area contributed by atoms with E-state index in [2.05, 4.69) is 15.5 Å². The van der Waals surface area contributed by atoms with Crippen molar-refractivity contribution in [3.8, 4) is 11.5 Å². The minimum Gasteiger partial charge on any atom is -0.457 e. The average Bonchev–Trinajstić information content (AvgIpc) is 3.37. The fraction of sp³-hybridized carbons (Fsp3) is 0.250. The molecule has 0 bridgehead atoms. The summed E-state index contributed by atoms with van der Waals surface area (Å²) in [6.45, 7) is 1.68. The molecule has 8 heteroatoms. The van der Waals surface area contributed by atoms with Crippen LogP contribution in [0.3, 0.4) is 0 Å². The number of anilines is 1. The van der Waals surface area contributed by atoms with Crippen molar-refractivity contribution in [1.82, 2.24) is 15.1 Å². The van der Waals surface area contributed by atoms with Crippen molar-refractivity contribution in [3.63, 3.8) is 0 Å². The summed E-state index contributed by atoms with van der Waals surface area (Å²) >= 11 is 1.36. The van der Waals surface area contributed by atoms with Crippen molar-refractivity contribution in [2.75, 3.05) is 24.2 Å². The van der Waals surface area contributed by atoms with Gasteiger partial charge in [0.05, 0.1) is 11.7 Å². The van der Waals surface area contributed by atoms with E-state index in [1.165, 1.54) is 11.8 Å². The topological polar surface area (TPSA) is 84.4 Å². The van der Waals surface area contributed by atoms with Crippen molar-refractivity contribution in [3.05, 3.63) is 71.8 Å². The zero-order chi connectivity index (χ0) is 21.9. The van der Waals surface area contributed by atoms with Gasteiger partial charge in [0.1, 0.15) is 16.5 Å². The molecule has 1 aromatic heterocycles. The highest BCUT2D eigenvalue weighted by molar-refractivity contribution is 7.99. The number of hydrogen-bond acceptors (Lipinski definition) is 6. The number of rotatable bonds is 5. The Morgan fingerprint density at radius 1 is 0.938 bits per heavy atom. The van der Waals surface area contributed by atoms with E-state index in [-0.39, 0.29) is 11.8 Å². The van der Waals surface area contributed by atoms with Gasteiger partial charge < -0.3 is 15.0 Å². The number of nitrogens with one attached hydrogen (secondary N) is 1. The molecule has 2 aliphatic rings. The van der Waals surface area contributed by atoms with Gasteiger partial charge in [0.2, 0.25) is 11.8 Å². The van der Waals surface area contributed by atoms with Crippen LogP contribution in [0.4, 0.5) is 5.82 Å². The zero-order valence-electron chi connectivity index (χ0n) is 17.4. The van der Waals surface area contributed by atoms with E-state index in [9.17, 15) is 9.59 Å². The Balaban J connectivity index is 1.28. The van der Waals surface area contributed by atoms with Gasteiger partial charge in [0.25, 0.3) is 0 Å². The van der Waals surface area contributed by atoms with Crippen molar-refractivity contribution < 1.29 is 14.3 Å². The number of aromatic nitrogens is 2. The molecule has 2 amide bonds. The first-order valence-electron chi connectivity index (χ1n) is 10.6. The van der Waals surface area contributed by atoms with Crippen molar-refractivity contribution >= 4 is 29.4 Å².